The highest BCUT2D eigenvalue weighted by Gasteiger charge is 1.94. The van der Waals surface area contributed by atoms with Crippen LogP contribution >= 0.6 is 12.6 Å². The molecule has 0 rings (SSSR count). The third kappa shape index (κ3) is 7.84. The van der Waals surface area contributed by atoms with E-state index in [0.717, 1.165) is 6.42 Å². The van der Waals surface area contributed by atoms with E-state index in [9.17, 15) is 4.79 Å². The van der Waals surface area contributed by atoms with Crippen LogP contribution in [0.15, 0.2) is 0 Å². The molecule has 12 heavy (non-hydrogen) atoms. The number of hydrogen-bond donors (Lipinski definition) is 3. The summed E-state index contributed by atoms with van der Waals surface area (Å²) < 4.78 is 4.98. The molecule has 0 saturated heterocycles. The van der Waals surface area contributed by atoms with Gasteiger partial charge in [0, 0.05) is 13.2 Å². The maximum absolute atomic E-state index is 10.6. The highest BCUT2D eigenvalue weighted by molar-refractivity contribution is 7.81. The van der Waals surface area contributed by atoms with Crippen molar-refractivity contribution in [1.82, 2.24) is 5.32 Å². The first-order valence-corrected chi connectivity index (χ1v) is 4.50. The molecule has 0 bridgehead atoms. The predicted octanol–water partition coefficient (Wildman–Crippen LogP) is -0.569. The van der Waals surface area contributed by atoms with Gasteiger partial charge in [0.25, 0.3) is 0 Å². The molecule has 0 saturated carbocycles. The minimum Gasteiger partial charge on any atom is -0.394 e. The summed E-state index contributed by atoms with van der Waals surface area (Å²) in [4.78, 5) is 10.6. The largest absolute Gasteiger partial charge is 0.394 e. The maximum Gasteiger partial charge on any atom is 0.229 e. The van der Waals surface area contributed by atoms with Gasteiger partial charge < -0.3 is 15.2 Å². The second-order valence-electron chi connectivity index (χ2n) is 2.20. The molecule has 5 heteroatoms. The fraction of sp³-hybridized carbons (Fsp3) is 0.857. The van der Waals surface area contributed by atoms with Gasteiger partial charge in [0.2, 0.25) is 5.91 Å². The van der Waals surface area contributed by atoms with E-state index < -0.39 is 0 Å². The van der Waals surface area contributed by atoms with Crippen molar-refractivity contribution in [3.05, 3.63) is 0 Å². The predicted molar refractivity (Wildman–Crippen MR) is 49.4 cm³/mol. The number of hydrogen-bond acceptors (Lipinski definition) is 4. The lowest BCUT2D eigenvalue weighted by molar-refractivity contribution is -0.118. The van der Waals surface area contributed by atoms with Crippen LogP contribution in [0.1, 0.15) is 6.42 Å². The quantitative estimate of drug-likeness (QED) is 0.375. The van der Waals surface area contributed by atoms with Crippen molar-refractivity contribution < 1.29 is 14.6 Å². The van der Waals surface area contributed by atoms with Crippen LogP contribution in [0.25, 0.3) is 0 Å². The van der Waals surface area contributed by atoms with Gasteiger partial charge in [-0.1, -0.05) is 0 Å². The second kappa shape index (κ2) is 8.83. The van der Waals surface area contributed by atoms with Crippen LogP contribution in [0.3, 0.4) is 0 Å². The van der Waals surface area contributed by atoms with Gasteiger partial charge in [-0.05, 0) is 6.42 Å². The van der Waals surface area contributed by atoms with E-state index in [0.29, 0.717) is 19.8 Å². The van der Waals surface area contributed by atoms with Crippen LogP contribution in [-0.4, -0.2) is 43.1 Å². The third-order valence-electron chi connectivity index (χ3n) is 1.17. The van der Waals surface area contributed by atoms with Crippen LogP contribution in [0.4, 0.5) is 0 Å². The van der Waals surface area contributed by atoms with Gasteiger partial charge in [0.15, 0.2) is 0 Å². The molecule has 0 aromatic carbocycles. The molecule has 0 heterocycles. The van der Waals surface area contributed by atoms with Crippen molar-refractivity contribution in [1.29, 1.82) is 0 Å². The van der Waals surface area contributed by atoms with Gasteiger partial charge in [0.1, 0.15) is 0 Å². The van der Waals surface area contributed by atoms with Crippen LogP contribution < -0.4 is 5.32 Å². The van der Waals surface area contributed by atoms with Crippen molar-refractivity contribution in [2.75, 3.05) is 32.1 Å². The zero-order valence-electron chi connectivity index (χ0n) is 6.95. The monoisotopic (exact) mass is 193 g/mol. The van der Waals surface area contributed by atoms with E-state index in [-0.39, 0.29) is 18.3 Å². The molecule has 0 aromatic heterocycles. The fourth-order valence-electron chi connectivity index (χ4n) is 0.625. The van der Waals surface area contributed by atoms with E-state index in [1.165, 1.54) is 0 Å². The standard InChI is InChI=1S/C7H15NO3S/c9-3-5-11-4-1-2-8-7(10)6-12/h9,12H,1-6H2,(H,8,10). The number of carbonyl (C=O) groups excluding carboxylic acids is 1. The van der Waals surface area contributed by atoms with E-state index in [4.69, 9.17) is 9.84 Å². The molecule has 0 unspecified atom stereocenters. The van der Waals surface area contributed by atoms with Crippen molar-refractivity contribution in [3.8, 4) is 0 Å². The maximum atomic E-state index is 10.6. The lowest BCUT2D eigenvalue weighted by Crippen LogP contribution is -2.26. The van der Waals surface area contributed by atoms with Crippen LogP contribution in [0.2, 0.25) is 0 Å². The molecule has 0 aliphatic heterocycles. The zero-order chi connectivity index (χ0) is 9.23. The highest BCUT2D eigenvalue weighted by atomic mass is 32.1. The van der Waals surface area contributed by atoms with E-state index in [1.54, 1.807) is 0 Å². The van der Waals surface area contributed by atoms with Gasteiger partial charge in [-0.15, -0.1) is 0 Å². The van der Waals surface area contributed by atoms with E-state index in [1.807, 2.05) is 0 Å². The number of nitrogens with one attached hydrogen (secondary N) is 1. The number of carbonyl (C=O) groups is 1. The lowest BCUT2D eigenvalue weighted by atomic mass is 10.4. The molecule has 0 spiro atoms. The van der Waals surface area contributed by atoms with E-state index >= 15 is 0 Å². The fourth-order valence-corrected chi connectivity index (χ4v) is 0.736. The Hall–Kier alpha value is -0.260. The van der Waals surface area contributed by atoms with Crippen LogP contribution in [0, 0.1) is 0 Å². The summed E-state index contributed by atoms with van der Waals surface area (Å²) in [6.45, 7) is 1.57. The molecule has 2 N–H and O–H groups in total. The average Bonchev–Trinajstić information content (AvgIpc) is 2.10. The Morgan fingerprint density at radius 3 is 2.83 bits per heavy atom. The zero-order valence-corrected chi connectivity index (χ0v) is 7.85. The Labute approximate surface area is 77.7 Å². The highest BCUT2D eigenvalue weighted by Crippen LogP contribution is 1.81. The molecule has 0 aromatic rings. The first kappa shape index (κ1) is 11.7. The molecule has 0 aliphatic carbocycles. The second-order valence-corrected chi connectivity index (χ2v) is 2.51. The van der Waals surface area contributed by atoms with Gasteiger partial charge in [-0.2, -0.15) is 12.6 Å². The Bertz CT molecular complexity index is 121. The Morgan fingerprint density at radius 2 is 2.25 bits per heavy atom. The van der Waals surface area contributed by atoms with Crippen LogP contribution in [0.5, 0.6) is 0 Å². The number of ether oxygens (including phenoxy) is 1. The molecule has 0 radical (unpaired) electrons. The van der Waals surface area contributed by atoms with Crippen molar-refractivity contribution in [2.24, 2.45) is 0 Å². The van der Waals surface area contributed by atoms with Crippen LogP contribution in [-0.2, 0) is 9.53 Å². The van der Waals surface area contributed by atoms with Gasteiger partial charge in [-0.3, -0.25) is 4.79 Å². The Kier molecular flexibility index (Phi) is 8.64. The molecule has 4 nitrogen and oxygen atoms in total. The topological polar surface area (TPSA) is 58.6 Å². The number of aliphatic hydroxyl groups is 1. The van der Waals surface area contributed by atoms with Crippen molar-refractivity contribution in [2.45, 2.75) is 6.42 Å². The normalized spacial score (nSPS) is 9.83. The molecular weight excluding hydrogens is 178 g/mol. The van der Waals surface area contributed by atoms with Gasteiger partial charge in [-0.25, -0.2) is 0 Å². The van der Waals surface area contributed by atoms with Crippen molar-refractivity contribution >= 4 is 18.5 Å². The third-order valence-corrected chi connectivity index (χ3v) is 1.45. The summed E-state index contributed by atoms with van der Waals surface area (Å²) >= 11 is 3.80. The molecule has 1 amide bonds. The molecule has 72 valence electrons. The lowest BCUT2D eigenvalue weighted by Gasteiger charge is -2.03. The molecule has 0 fully saturated rings. The molecule has 0 atom stereocenters. The number of thiol groups is 1. The summed E-state index contributed by atoms with van der Waals surface area (Å²) in [6.07, 6.45) is 0.763. The minimum absolute atomic E-state index is 0.0446. The number of rotatable bonds is 7. The summed E-state index contributed by atoms with van der Waals surface area (Å²) in [5, 5.41) is 11.0. The first-order chi connectivity index (χ1) is 5.81. The average molecular weight is 193 g/mol. The van der Waals surface area contributed by atoms with E-state index in [2.05, 4.69) is 17.9 Å². The smallest absolute Gasteiger partial charge is 0.229 e. The summed E-state index contributed by atoms with van der Waals surface area (Å²) in [5.41, 5.74) is 0. The molecular formula is C7H15NO3S. The minimum atomic E-state index is -0.0690. The SMILES string of the molecule is O=C(CS)NCCCOCCO. The molecule has 0 aliphatic rings. The first-order valence-electron chi connectivity index (χ1n) is 3.87. The summed E-state index contributed by atoms with van der Waals surface area (Å²) in [7, 11) is 0. The van der Waals surface area contributed by atoms with Gasteiger partial charge in [0.05, 0.1) is 19.0 Å². The van der Waals surface area contributed by atoms with Gasteiger partial charge >= 0.3 is 0 Å². The van der Waals surface area contributed by atoms with Crippen molar-refractivity contribution in [3.63, 3.8) is 0 Å². The summed E-state index contributed by atoms with van der Waals surface area (Å²) in [5.74, 6) is 0.151. The Balaban J connectivity index is 2.95. The summed E-state index contributed by atoms with van der Waals surface area (Å²) in [6, 6.07) is 0. The Morgan fingerprint density at radius 1 is 1.50 bits per heavy atom. The number of amides is 1. The number of aliphatic hydroxyl groups excluding tert-OH is 1.